The van der Waals surface area contributed by atoms with E-state index in [1.807, 2.05) is 20.8 Å². The molecular formula is C20H34N6O3. The van der Waals surface area contributed by atoms with E-state index >= 15 is 0 Å². The highest BCUT2D eigenvalue weighted by molar-refractivity contribution is 6.07. The topological polar surface area (TPSA) is 116 Å². The van der Waals surface area contributed by atoms with Crippen molar-refractivity contribution in [2.45, 2.75) is 90.0 Å². The van der Waals surface area contributed by atoms with Crippen molar-refractivity contribution < 1.29 is 14.3 Å². The van der Waals surface area contributed by atoms with E-state index in [0.29, 0.717) is 12.3 Å². The second kappa shape index (κ2) is 9.02. The Labute approximate surface area is 172 Å². The van der Waals surface area contributed by atoms with Crippen LogP contribution in [-0.2, 0) is 9.47 Å². The smallest absolute Gasteiger partial charge is 0.426 e. The average molecular weight is 407 g/mol. The van der Waals surface area contributed by atoms with Crippen LogP contribution in [0.1, 0.15) is 72.1 Å². The largest absolute Gasteiger partial charge is 0.443 e. The lowest BCUT2D eigenvalue weighted by atomic mass is 9.95. The number of ether oxygens (including phenoxy) is 2. The number of nitrogens with zero attached hydrogens (tertiary/aromatic N) is 3. The van der Waals surface area contributed by atoms with E-state index in [1.165, 1.54) is 6.42 Å². The number of amides is 1. The first-order valence-corrected chi connectivity index (χ1v) is 10.6. The van der Waals surface area contributed by atoms with Crippen LogP contribution in [0.25, 0.3) is 0 Å². The Kier molecular flexibility index (Phi) is 6.66. The van der Waals surface area contributed by atoms with Crippen LogP contribution in [0.2, 0.25) is 0 Å². The molecule has 29 heavy (non-hydrogen) atoms. The first-order chi connectivity index (χ1) is 13.8. The molecule has 4 N–H and O–H groups in total. The molecule has 9 nitrogen and oxygen atoms in total. The van der Waals surface area contributed by atoms with E-state index in [-0.39, 0.29) is 23.9 Å². The van der Waals surface area contributed by atoms with Crippen molar-refractivity contribution in [1.29, 1.82) is 5.41 Å². The Morgan fingerprint density at radius 2 is 1.97 bits per heavy atom. The standard InChI is InChI=1S/C20H34N6O3/c1-20(2,3)29-19(27)24-26(14-9-5-4-6-10-14)18(22)16-17(21)25(13-23-16)15-11-7-8-12-28-15/h13-15,21H,4-12,22H2,1-3H3,(H,24,27)/b18-16-,21-17?. The van der Waals surface area contributed by atoms with Crippen molar-refractivity contribution in [2.75, 3.05) is 6.61 Å². The highest BCUT2D eigenvalue weighted by atomic mass is 16.6. The van der Waals surface area contributed by atoms with Gasteiger partial charge in [-0.15, -0.1) is 0 Å². The number of carbonyl (C=O) groups excluding carboxylic acids is 1. The van der Waals surface area contributed by atoms with Crippen LogP contribution in [0.3, 0.4) is 0 Å². The number of rotatable bonds is 4. The lowest BCUT2D eigenvalue weighted by Crippen LogP contribution is -2.52. The summed E-state index contributed by atoms with van der Waals surface area (Å²) in [6.45, 7) is 6.14. The zero-order chi connectivity index (χ0) is 21.0. The Hall–Kier alpha value is -2.29. The van der Waals surface area contributed by atoms with E-state index < -0.39 is 11.7 Å². The molecule has 2 heterocycles. The van der Waals surface area contributed by atoms with Gasteiger partial charge in [0.15, 0.2) is 5.84 Å². The van der Waals surface area contributed by atoms with Gasteiger partial charge in [0.1, 0.15) is 23.3 Å². The highest BCUT2D eigenvalue weighted by Crippen LogP contribution is 2.27. The van der Waals surface area contributed by atoms with Crippen LogP contribution < -0.4 is 11.2 Å². The maximum atomic E-state index is 12.4. The summed E-state index contributed by atoms with van der Waals surface area (Å²) in [6.07, 6.45) is 8.95. The van der Waals surface area contributed by atoms with E-state index in [4.69, 9.17) is 20.6 Å². The molecule has 1 aliphatic carbocycles. The number of hydrogen-bond donors (Lipinski definition) is 3. The van der Waals surface area contributed by atoms with Crippen LogP contribution in [-0.4, -0.2) is 52.7 Å². The summed E-state index contributed by atoms with van der Waals surface area (Å²) < 4.78 is 11.2. The summed E-state index contributed by atoms with van der Waals surface area (Å²) in [7, 11) is 0. The molecule has 3 aliphatic rings. The second-order valence-electron chi connectivity index (χ2n) is 8.83. The first kappa shape index (κ1) is 21.4. The van der Waals surface area contributed by atoms with E-state index in [9.17, 15) is 4.79 Å². The van der Waals surface area contributed by atoms with Gasteiger partial charge in [-0.25, -0.2) is 15.2 Å². The molecule has 3 rings (SSSR count). The van der Waals surface area contributed by atoms with E-state index in [1.54, 1.807) is 16.2 Å². The number of carbonyl (C=O) groups is 1. The van der Waals surface area contributed by atoms with Gasteiger partial charge in [0.05, 0.1) is 12.4 Å². The van der Waals surface area contributed by atoms with Crippen LogP contribution >= 0.6 is 0 Å². The third kappa shape index (κ3) is 5.41. The van der Waals surface area contributed by atoms with Crippen molar-refractivity contribution in [2.24, 2.45) is 10.7 Å². The van der Waals surface area contributed by atoms with Gasteiger partial charge in [-0.1, -0.05) is 19.3 Å². The second-order valence-corrected chi connectivity index (χ2v) is 8.83. The number of nitrogens with two attached hydrogens (primary N) is 1. The molecule has 1 saturated heterocycles. The molecule has 9 heteroatoms. The molecule has 0 aromatic rings. The maximum absolute atomic E-state index is 12.4. The third-order valence-electron chi connectivity index (χ3n) is 5.31. The Balaban J connectivity index is 1.79. The summed E-state index contributed by atoms with van der Waals surface area (Å²) in [4.78, 5) is 18.6. The van der Waals surface area contributed by atoms with Crippen molar-refractivity contribution in [1.82, 2.24) is 15.3 Å². The highest BCUT2D eigenvalue weighted by Gasteiger charge is 2.33. The maximum Gasteiger partial charge on any atom is 0.426 e. The number of amidine groups is 1. The average Bonchev–Trinajstić information content (AvgIpc) is 3.07. The van der Waals surface area contributed by atoms with Crippen LogP contribution in [0.5, 0.6) is 0 Å². The van der Waals surface area contributed by atoms with Gasteiger partial charge in [-0.2, -0.15) is 0 Å². The Morgan fingerprint density at radius 1 is 1.28 bits per heavy atom. The molecule has 0 bridgehead atoms. The van der Waals surface area contributed by atoms with Gasteiger partial charge < -0.3 is 15.2 Å². The summed E-state index contributed by atoms with van der Waals surface area (Å²) >= 11 is 0. The van der Waals surface area contributed by atoms with Crippen molar-refractivity contribution in [3.63, 3.8) is 0 Å². The van der Waals surface area contributed by atoms with Crippen LogP contribution in [0, 0.1) is 5.41 Å². The molecule has 1 amide bonds. The molecule has 162 valence electrons. The van der Waals surface area contributed by atoms with Gasteiger partial charge in [0.2, 0.25) is 0 Å². The lowest BCUT2D eigenvalue weighted by molar-refractivity contribution is -0.0303. The molecular weight excluding hydrogens is 372 g/mol. The van der Waals surface area contributed by atoms with Gasteiger partial charge in [0, 0.05) is 6.61 Å². The predicted octanol–water partition coefficient (Wildman–Crippen LogP) is 3.04. The fourth-order valence-electron chi connectivity index (χ4n) is 3.91. The molecule has 0 spiro atoms. The number of hydrogen-bond acceptors (Lipinski definition) is 7. The minimum atomic E-state index is -0.614. The minimum absolute atomic E-state index is 0.0479. The van der Waals surface area contributed by atoms with Gasteiger partial charge in [-0.05, 0) is 52.9 Å². The fraction of sp³-hybridized carbons (Fsp3) is 0.750. The van der Waals surface area contributed by atoms with Crippen LogP contribution in [0.4, 0.5) is 4.79 Å². The van der Waals surface area contributed by atoms with Gasteiger partial charge in [-0.3, -0.25) is 15.3 Å². The summed E-state index contributed by atoms with van der Waals surface area (Å²) in [6, 6.07) is 0.0479. The van der Waals surface area contributed by atoms with Crippen LogP contribution in [0.15, 0.2) is 16.5 Å². The Bertz CT molecular complexity index is 672. The summed E-state index contributed by atoms with van der Waals surface area (Å²) in [5, 5.41) is 10.2. The van der Waals surface area contributed by atoms with E-state index in [2.05, 4.69) is 10.4 Å². The molecule has 1 unspecified atom stereocenters. The normalized spacial score (nSPS) is 25.1. The summed E-state index contributed by atoms with van der Waals surface area (Å²) in [5.74, 6) is 0.462. The Morgan fingerprint density at radius 3 is 2.59 bits per heavy atom. The monoisotopic (exact) mass is 406 g/mol. The fourth-order valence-corrected chi connectivity index (χ4v) is 3.91. The summed E-state index contributed by atoms with van der Waals surface area (Å²) in [5.41, 5.74) is 9.00. The van der Waals surface area contributed by atoms with E-state index in [0.717, 1.165) is 44.9 Å². The molecule has 0 radical (unpaired) electrons. The van der Waals surface area contributed by atoms with Crippen molar-refractivity contribution in [3.05, 3.63) is 11.5 Å². The molecule has 2 aliphatic heterocycles. The zero-order valence-corrected chi connectivity index (χ0v) is 17.7. The molecule has 0 aromatic carbocycles. The molecule has 1 saturated carbocycles. The number of hydrazine groups is 1. The van der Waals surface area contributed by atoms with Crippen molar-refractivity contribution in [3.8, 4) is 0 Å². The molecule has 2 fully saturated rings. The lowest BCUT2D eigenvalue weighted by Gasteiger charge is -2.36. The molecule has 0 aromatic heterocycles. The quantitative estimate of drug-likeness (QED) is 0.618. The first-order valence-electron chi connectivity index (χ1n) is 10.6. The van der Waals surface area contributed by atoms with Gasteiger partial charge in [0.25, 0.3) is 0 Å². The number of nitrogens with one attached hydrogen (secondary N) is 2. The minimum Gasteiger partial charge on any atom is -0.443 e. The zero-order valence-electron chi connectivity index (χ0n) is 17.7. The predicted molar refractivity (Wildman–Crippen MR) is 111 cm³/mol. The van der Waals surface area contributed by atoms with Crippen molar-refractivity contribution >= 4 is 18.3 Å². The SMILES string of the molecule is CC(C)(C)OC(=O)NN(/C(N)=C1\N=CN(C2CCCCO2)C1=N)C1CCCCC1. The molecule has 1 atom stereocenters. The third-order valence-corrected chi connectivity index (χ3v) is 5.31. The van der Waals surface area contributed by atoms with Gasteiger partial charge >= 0.3 is 6.09 Å². The number of aliphatic imine (C=N–C) groups is 1.